The average Bonchev–Trinajstić information content (AvgIpc) is 3.16. The molecule has 7 heteroatoms. The average molecular weight is 491 g/mol. The summed E-state index contributed by atoms with van der Waals surface area (Å²) in [6.07, 6.45) is 6.20. The number of amides is 1. The van der Waals surface area contributed by atoms with Gasteiger partial charge in [0.2, 0.25) is 5.91 Å². The van der Waals surface area contributed by atoms with E-state index in [1.807, 2.05) is 4.90 Å². The molecule has 27 heavy (non-hydrogen) atoms. The molecule has 2 heterocycles. The lowest BCUT2D eigenvalue weighted by Crippen LogP contribution is -2.57. The van der Waals surface area contributed by atoms with E-state index >= 15 is 0 Å². The highest BCUT2D eigenvalue weighted by molar-refractivity contribution is 14.0. The van der Waals surface area contributed by atoms with E-state index in [1.165, 1.54) is 19.3 Å². The van der Waals surface area contributed by atoms with Crippen LogP contribution in [-0.4, -0.2) is 84.5 Å². The van der Waals surface area contributed by atoms with Crippen molar-refractivity contribution in [3.63, 3.8) is 0 Å². The zero-order chi connectivity index (χ0) is 18.5. The predicted octanol–water partition coefficient (Wildman–Crippen LogP) is 2.39. The number of aliphatic imine (C=N–C) groups is 1. The lowest BCUT2D eigenvalue weighted by Gasteiger charge is -2.39. The zero-order valence-corrected chi connectivity index (χ0v) is 19.7. The van der Waals surface area contributed by atoms with Gasteiger partial charge in [-0.25, -0.2) is 0 Å². The standard InChI is InChI=1S/C20H37N5O.HI/c1-4-8-17-15-18(17)22-20(21-5-2)25-13-11-23(12-14-25)16(3)19(26)24-9-6-7-10-24;/h16-18H,4-15H2,1-3H3,(H,21,22);1H. The highest BCUT2D eigenvalue weighted by atomic mass is 127. The maximum Gasteiger partial charge on any atom is 0.239 e. The van der Waals surface area contributed by atoms with Crippen LogP contribution in [0.2, 0.25) is 0 Å². The molecule has 3 aliphatic rings. The van der Waals surface area contributed by atoms with Gasteiger partial charge in [-0.05, 0) is 45.4 Å². The molecule has 3 atom stereocenters. The van der Waals surface area contributed by atoms with Gasteiger partial charge in [-0.2, -0.15) is 0 Å². The van der Waals surface area contributed by atoms with Gasteiger partial charge >= 0.3 is 0 Å². The third-order valence-corrected chi connectivity index (χ3v) is 6.14. The van der Waals surface area contributed by atoms with Crippen LogP contribution >= 0.6 is 24.0 Å². The normalized spacial score (nSPS) is 27.3. The molecule has 2 aliphatic heterocycles. The Morgan fingerprint density at radius 3 is 2.33 bits per heavy atom. The molecule has 3 unspecified atom stereocenters. The van der Waals surface area contributed by atoms with Crippen LogP contribution in [0.4, 0.5) is 0 Å². The molecule has 0 radical (unpaired) electrons. The number of likely N-dealkylation sites (tertiary alicyclic amines) is 1. The van der Waals surface area contributed by atoms with Crippen molar-refractivity contribution < 1.29 is 4.79 Å². The number of rotatable bonds is 6. The molecule has 0 bridgehead atoms. The Balaban J connectivity index is 0.00000261. The molecule has 2 saturated heterocycles. The fourth-order valence-corrected chi connectivity index (χ4v) is 4.35. The summed E-state index contributed by atoms with van der Waals surface area (Å²) >= 11 is 0. The fourth-order valence-electron chi connectivity index (χ4n) is 4.35. The fraction of sp³-hybridized carbons (Fsp3) is 0.900. The van der Waals surface area contributed by atoms with E-state index in [-0.39, 0.29) is 30.0 Å². The van der Waals surface area contributed by atoms with Crippen molar-refractivity contribution in [1.29, 1.82) is 0 Å². The first-order valence-electron chi connectivity index (χ1n) is 10.7. The summed E-state index contributed by atoms with van der Waals surface area (Å²) in [5.41, 5.74) is 0. The zero-order valence-electron chi connectivity index (χ0n) is 17.3. The summed E-state index contributed by atoms with van der Waals surface area (Å²) in [7, 11) is 0. The van der Waals surface area contributed by atoms with Gasteiger partial charge in [0.1, 0.15) is 0 Å². The number of carbonyl (C=O) groups is 1. The van der Waals surface area contributed by atoms with Gasteiger partial charge in [0.25, 0.3) is 0 Å². The van der Waals surface area contributed by atoms with Gasteiger partial charge in [-0.1, -0.05) is 13.3 Å². The van der Waals surface area contributed by atoms with Crippen LogP contribution in [0.5, 0.6) is 0 Å². The molecule has 1 saturated carbocycles. The maximum absolute atomic E-state index is 12.6. The number of nitrogens with zero attached hydrogens (tertiary/aromatic N) is 4. The molecule has 6 nitrogen and oxygen atoms in total. The number of nitrogens with one attached hydrogen (secondary N) is 1. The number of halogens is 1. The smallest absolute Gasteiger partial charge is 0.239 e. The quantitative estimate of drug-likeness (QED) is 0.352. The van der Waals surface area contributed by atoms with Crippen molar-refractivity contribution in [3.8, 4) is 0 Å². The van der Waals surface area contributed by atoms with E-state index in [0.29, 0.717) is 11.9 Å². The highest BCUT2D eigenvalue weighted by Gasteiger charge is 2.38. The van der Waals surface area contributed by atoms with Crippen LogP contribution in [0.15, 0.2) is 4.99 Å². The Labute approximate surface area is 182 Å². The third-order valence-electron chi connectivity index (χ3n) is 6.14. The minimum absolute atomic E-state index is 0. The van der Waals surface area contributed by atoms with Crippen LogP contribution in [0.3, 0.4) is 0 Å². The van der Waals surface area contributed by atoms with E-state index in [1.54, 1.807) is 0 Å². The minimum Gasteiger partial charge on any atom is -0.353 e. The van der Waals surface area contributed by atoms with Crippen LogP contribution in [0, 0.1) is 5.92 Å². The van der Waals surface area contributed by atoms with Crippen LogP contribution in [-0.2, 0) is 4.79 Å². The first kappa shape index (κ1) is 22.7. The molecule has 3 rings (SSSR count). The van der Waals surface area contributed by atoms with Crippen molar-refractivity contribution in [2.75, 3.05) is 45.8 Å². The summed E-state index contributed by atoms with van der Waals surface area (Å²) in [6.45, 7) is 12.9. The van der Waals surface area contributed by atoms with Crippen molar-refractivity contribution in [2.24, 2.45) is 10.9 Å². The first-order valence-corrected chi connectivity index (χ1v) is 10.7. The number of hydrogen-bond acceptors (Lipinski definition) is 3. The molecule has 0 aromatic rings. The Hall–Kier alpha value is -0.570. The molecular formula is C20H38IN5O. The number of piperazine rings is 1. The monoisotopic (exact) mass is 491 g/mol. The molecule has 3 fully saturated rings. The summed E-state index contributed by atoms with van der Waals surface area (Å²) in [5, 5.41) is 3.69. The van der Waals surface area contributed by atoms with Gasteiger partial charge in [0.05, 0.1) is 6.04 Å². The molecule has 0 spiro atoms. The Bertz CT molecular complexity index is 501. The van der Waals surface area contributed by atoms with Crippen LogP contribution < -0.4 is 5.32 Å². The van der Waals surface area contributed by atoms with E-state index in [0.717, 1.165) is 70.5 Å². The van der Waals surface area contributed by atoms with Crippen LogP contribution in [0.1, 0.15) is 52.9 Å². The van der Waals surface area contributed by atoms with E-state index < -0.39 is 0 Å². The molecule has 156 valence electrons. The number of guanidine groups is 1. The Morgan fingerprint density at radius 2 is 1.74 bits per heavy atom. The lowest BCUT2D eigenvalue weighted by molar-refractivity contribution is -0.135. The third kappa shape index (κ3) is 5.95. The Kier molecular flexibility index (Phi) is 9.11. The minimum atomic E-state index is 0. The van der Waals surface area contributed by atoms with Crippen molar-refractivity contribution in [3.05, 3.63) is 0 Å². The molecule has 0 aromatic carbocycles. The van der Waals surface area contributed by atoms with Gasteiger partial charge in [0, 0.05) is 51.9 Å². The summed E-state index contributed by atoms with van der Waals surface area (Å²) in [5.74, 6) is 2.23. The van der Waals surface area contributed by atoms with Crippen molar-refractivity contribution >= 4 is 35.8 Å². The second-order valence-electron chi connectivity index (χ2n) is 8.06. The van der Waals surface area contributed by atoms with E-state index in [4.69, 9.17) is 4.99 Å². The highest BCUT2D eigenvalue weighted by Crippen LogP contribution is 2.34. The van der Waals surface area contributed by atoms with E-state index in [2.05, 4.69) is 35.9 Å². The van der Waals surface area contributed by atoms with Gasteiger partial charge < -0.3 is 15.1 Å². The van der Waals surface area contributed by atoms with Crippen molar-refractivity contribution in [2.45, 2.75) is 65.0 Å². The largest absolute Gasteiger partial charge is 0.353 e. The lowest BCUT2D eigenvalue weighted by atomic mass is 10.2. The maximum atomic E-state index is 12.6. The van der Waals surface area contributed by atoms with Gasteiger partial charge in [-0.3, -0.25) is 14.7 Å². The first-order chi connectivity index (χ1) is 12.6. The molecule has 1 aliphatic carbocycles. The second kappa shape index (κ2) is 10.8. The molecule has 1 N–H and O–H groups in total. The SMILES string of the molecule is CCCC1CC1NC(=NCC)N1CCN(C(C)C(=O)N2CCCC2)CC1.I. The van der Waals surface area contributed by atoms with Gasteiger partial charge in [0.15, 0.2) is 5.96 Å². The molecule has 1 amide bonds. The summed E-state index contributed by atoms with van der Waals surface area (Å²) in [6, 6.07) is 0.626. The summed E-state index contributed by atoms with van der Waals surface area (Å²) < 4.78 is 0. The Morgan fingerprint density at radius 1 is 1.07 bits per heavy atom. The van der Waals surface area contributed by atoms with Crippen molar-refractivity contribution in [1.82, 2.24) is 20.0 Å². The van der Waals surface area contributed by atoms with Gasteiger partial charge in [-0.15, -0.1) is 24.0 Å². The molecular weight excluding hydrogens is 453 g/mol. The van der Waals surface area contributed by atoms with Crippen LogP contribution in [0.25, 0.3) is 0 Å². The molecule has 0 aromatic heterocycles. The van der Waals surface area contributed by atoms with E-state index in [9.17, 15) is 4.79 Å². The number of hydrogen-bond donors (Lipinski definition) is 1. The predicted molar refractivity (Wildman–Crippen MR) is 122 cm³/mol. The second-order valence-corrected chi connectivity index (χ2v) is 8.06. The topological polar surface area (TPSA) is 51.2 Å². The summed E-state index contributed by atoms with van der Waals surface area (Å²) in [4.78, 5) is 24.2. The number of carbonyl (C=O) groups excluding carboxylic acids is 1.